The van der Waals surface area contributed by atoms with E-state index in [9.17, 15) is 14.7 Å². The van der Waals surface area contributed by atoms with Crippen LogP contribution < -0.4 is 16.5 Å². The first-order chi connectivity index (χ1) is 18.0. The lowest BCUT2D eigenvalue weighted by Gasteiger charge is -2.50. The molecule has 2 atom stereocenters. The second-order valence-corrected chi connectivity index (χ2v) is 13.6. The van der Waals surface area contributed by atoms with E-state index in [0.29, 0.717) is 17.0 Å². The van der Waals surface area contributed by atoms with Crippen molar-refractivity contribution >= 4 is 34.8 Å². The maximum Gasteiger partial charge on any atom is 0.342 e. The van der Waals surface area contributed by atoms with E-state index in [1.165, 1.54) is 6.92 Å². The third-order valence-electron chi connectivity index (χ3n) is 8.19. The highest BCUT2D eigenvalue weighted by Crippen LogP contribution is 2.50. The van der Waals surface area contributed by atoms with Crippen LogP contribution in [0.2, 0.25) is 5.15 Å². The molecule has 0 saturated heterocycles. The van der Waals surface area contributed by atoms with Gasteiger partial charge < -0.3 is 15.6 Å². The summed E-state index contributed by atoms with van der Waals surface area (Å²) in [5.74, 6) is -0.291. The minimum atomic E-state index is -0.648. The normalized spacial score (nSPS) is 23.1. The number of anilines is 1. The van der Waals surface area contributed by atoms with E-state index >= 15 is 0 Å². The van der Waals surface area contributed by atoms with Gasteiger partial charge in [-0.05, 0) is 42.1 Å². The van der Waals surface area contributed by atoms with Crippen molar-refractivity contribution in [1.29, 1.82) is 0 Å². The first-order valence-electron chi connectivity index (χ1n) is 13.5. The van der Waals surface area contributed by atoms with Crippen molar-refractivity contribution < 1.29 is 14.6 Å². The topological polar surface area (TPSA) is 107 Å². The first-order valence-corrected chi connectivity index (χ1v) is 13.9. The van der Waals surface area contributed by atoms with Crippen LogP contribution in [0.4, 0.5) is 5.82 Å². The fourth-order valence-electron chi connectivity index (χ4n) is 6.17. The Kier molecular flexibility index (Phi) is 7.54. The third-order valence-corrected chi connectivity index (χ3v) is 8.55. The number of ether oxygens (including phenoxy) is 1. The molecule has 0 amide bonds. The van der Waals surface area contributed by atoms with Crippen molar-refractivity contribution in [2.75, 3.05) is 5.73 Å². The fourth-order valence-corrected chi connectivity index (χ4v) is 6.53. The number of benzene rings is 1. The number of carbonyl (C=O) groups excluding carboxylic acids is 1. The average molecular weight is 554 g/mol. The van der Waals surface area contributed by atoms with Gasteiger partial charge in [0, 0.05) is 17.4 Å². The molecule has 1 aromatic carbocycles. The summed E-state index contributed by atoms with van der Waals surface area (Å²) in [6.07, 6.45) is 1.55. The number of hydrogen-bond acceptors (Lipinski definition) is 6. The van der Waals surface area contributed by atoms with Gasteiger partial charge in [-0.15, -0.1) is 0 Å². The van der Waals surface area contributed by atoms with Crippen LogP contribution in [0.15, 0.2) is 35.1 Å². The molecule has 7 nitrogen and oxygen atoms in total. The number of carbonyl (C=O) groups is 1. The molecule has 3 aromatic rings. The molecular weight excluding hydrogens is 514 g/mol. The van der Waals surface area contributed by atoms with Gasteiger partial charge in [0.1, 0.15) is 33.6 Å². The highest BCUT2D eigenvalue weighted by molar-refractivity contribution is 6.34. The summed E-state index contributed by atoms with van der Waals surface area (Å²) in [6, 6.07) is 9.14. The monoisotopic (exact) mass is 553 g/mol. The zero-order chi connectivity index (χ0) is 29.0. The molecule has 1 saturated carbocycles. The largest absolute Gasteiger partial charge is 0.512 e. The van der Waals surface area contributed by atoms with Crippen molar-refractivity contribution in [1.82, 2.24) is 9.38 Å². The Morgan fingerprint density at radius 3 is 2.10 bits per heavy atom. The molecular formula is C31H40ClN3O4. The summed E-state index contributed by atoms with van der Waals surface area (Å²) in [5.41, 5.74) is 6.37. The van der Waals surface area contributed by atoms with E-state index in [1.54, 1.807) is 0 Å². The molecule has 8 heteroatoms. The number of nitrogens with zero attached hydrogens (tertiary/aromatic N) is 2. The molecule has 1 aliphatic carbocycles. The highest BCUT2D eigenvalue weighted by Gasteiger charge is 2.48. The number of aliphatic hydroxyl groups excluding tert-OH is 1. The number of hydrogen-bond donors (Lipinski definition) is 2. The highest BCUT2D eigenvalue weighted by atomic mass is 35.5. The van der Waals surface area contributed by atoms with Gasteiger partial charge in [0.15, 0.2) is 5.65 Å². The lowest BCUT2D eigenvalue weighted by Crippen LogP contribution is -2.49. The molecule has 1 aliphatic rings. The summed E-state index contributed by atoms with van der Waals surface area (Å²) in [4.78, 5) is 32.1. The molecule has 1 fully saturated rings. The maximum absolute atomic E-state index is 14.3. The van der Waals surface area contributed by atoms with E-state index in [0.717, 1.165) is 17.2 Å². The Morgan fingerprint density at radius 1 is 1.08 bits per heavy atom. The molecule has 3 N–H and O–H groups in total. The van der Waals surface area contributed by atoms with Crippen LogP contribution in [0.5, 0.6) is 0 Å². The number of aromatic nitrogens is 2. The second-order valence-electron chi connectivity index (χ2n) is 13.2. The predicted molar refractivity (Wildman–Crippen MR) is 157 cm³/mol. The van der Waals surface area contributed by atoms with Gasteiger partial charge in [-0.2, -0.15) is 0 Å². The van der Waals surface area contributed by atoms with Crippen LogP contribution in [0.3, 0.4) is 0 Å². The molecule has 0 aliphatic heterocycles. The Hall–Kier alpha value is -3.06. The van der Waals surface area contributed by atoms with Gasteiger partial charge >= 0.3 is 5.97 Å². The second kappa shape index (κ2) is 10.2. The van der Waals surface area contributed by atoms with Crippen LogP contribution in [-0.4, -0.2) is 26.6 Å². The van der Waals surface area contributed by atoms with Gasteiger partial charge in [-0.1, -0.05) is 90.4 Å². The fraction of sp³-hybridized carbons (Fsp3) is 0.516. The lowest BCUT2D eigenvalue weighted by atomic mass is 9.59. The van der Waals surface area contributed by atoms with Gasteiger partial charge in [0.2, 0.25) is 0 Å². The Morgan fingerprint density at radius 2 is 1.62 bits per heavy atom. The molecule has 2 unspecified atom stereocenters. The smallest absolute Gasteiger partial charge is 0.342 e. The summed E-state index contributed by atoms with van der Waals surface area (Å²) in [7, 11) is 0. The zero-order valence-electron chi connectivity index (χ0n) is 24.1. The van der Waals surface area contributed by atoms with Crippen molar-refractivity contribution in [3.63, 3.8) is 0 Å². The molecule has 0 radical (unpaired) electrons. The van der Waals surface area contributed by atoms with Crippen molar-refractivity contribution in [3.8, 4) is 11.1 Å². The summed E-state index contributed by atoms with van der Waals surface area (Å²) >= 11 is 6.82. The maximum atomic E-state index is 14.3. The van der Waals surface area contributed by atoms with E-state index < -0.39 is 11.5 Å². The third kappa shape index (κ3) is 5.25. The van der Waals surface area contributed by atoms with Gasteiger partial charge in [0.05, 0.1) is 0 Å². The Labute approximate surface area is 235 Å². The SMILES string of the molecule is C/C(O)=c1\c(N)nc2c(C(=O)OC3C(C(C)(C)C)CC(C)CC3C(C)(C)C)c(-c3ccccc3)c(Cl)n2c1=O. The van der Waals surface area contributed by atoms with Gasteiger partial charge in [0.25, 0.3) is 5.56 Å². The number of rotatable bonds is 3. The minimum absolute atomic E-state index is 0.0140. The molecule has 39 heavy (non-hydrogen) atoms. The summed E-state index contributed by atoms with van der Waals surface area (Å²) < 4.78 is 7.63. The standard InChI is InChI=1S/C31H40ClN3O4/c1-16-14-19(30(3,4)5)24(20(15-16)31(6,7)8)39-29(38)23-22(18-12-10-9-11-13-18)25(32)35-27(23)34-26(33)21(17(2)36)28(35)37/h9-13,16,19-20,24,36H,14-15H2,1-8H3,(H2,33,34)/b21-17-. The number of aliphatic hydroxyl groups is 1. The molecule has 4 rings (SSSR count). The summed E-state index contributed by atoms with van der Waals surface area (Å²) in [5, 5.41) is 10.00. The van der Waals surface area contributed by atoms with Crippen molar-refractivity contribution in [2.45, 2.75) is 74.3 Å². The van der Waals surface area contributed by atoms with E-state index in [1.807, 2.05) is 30.3 Å². The predicted octanol–water partition coefficient (Wildman–Crippen LogP) is 6.28. The molecule has 2 aromatic heterocycles. The zero-order valence-corrected chi connectivity index (χ0v) is 24.9. The minimum Gasteiger partial charge on any atom is -0.512 e. The van der Waals surface area contributed by atoms with E-state index in [2.05, 4.69) is 53.5 Å². The van der Waals surface area contributed by atoms with E-state index in [-0.39, 0.29) is 61.9 Å². The lowest BCUT2D eigenvalue weighted by molar-refractivity contribution is -0.0922. The van der Waals surface area contributed by atoms with Crippen LogP contribution in [-0.2, 0) is 4.74 Å². The summed E-state index contributed by atoms with van der Waals surface area (Å²) in [6.45, 7) is 16.8. The number of nitrogen functional groups attached to an aromatic ring is 1. The van der Waals surface area contributed by atoms with Crippen molar-refractivity contribution in [2.24, 2.45) is 28.6 Å². The Bertz CT molecular complexity index is 1490. The van der Waals surface area contributed by atoms with Gasteiger partial charge in [-0.3, -0.25) is 4.79 Å². The van der Waals surface area contributed by atoms with Crippen LogP contribution in [0.1, 0.15) is 78.6 Å². The van der Waals surface area contributed by atoms with Gasteiger partial charge in [-0.25, -0.2) is 14.2 Å². The number of esters is 1. The number of nitrogens with two attached hydrogens (primary N) is 1. The molecule has 0 spiro atoms. The number of halogens is 1. The van der Waals surface area contributed by atoms with Crippen LogP contribution >= 0.6 is 11.6 Å². The van der Waals surface area contributed by atoms with Crippen molar-refractivity contribution in [3.05, 3.63) is 56.6 Å². The molecule has 210 valence electrons. The van der Waals surface area contributed by atoms with Crippen LogP contribution in [0.25, 0.3) is 22.5 Å². The number of fused-ring (bicyclic) bond motifs is 1. The van der Waals surface area contributed by atoms with Crippen LogP contribution in [0, 0.1) is 28.6 Å². The average Bonchev–Trinajstić information content (AvgIpc) is 3.10. The van der Waals surface area contributed by atoms with E-state index in [4.69, 9.17) is 22.1 Å². The Balaban J connectivity index is 1.98. The quantitative estimate of drug-likeness (QED) is 0.369. The molecule has 0 bridgehead atoms. The molecule has 2 heterocycles. The first kappa shape index (κ1) is 28.9.